The average Bonchev–Trinajstić information content (AvgIpc) is 2.51. The van der Waals surface area contributed by atoms with E-state index in [0.717, 1.165) is 11.6 Å². The van der Waals surface area contributed by atoms with Crippen molar-refractivity contribution in [3.8, 4) is 0 Å². The third-order valence-electron chi connectivity index (χ3n) is 2.01. The van der Waals surface area contributed by atoms with Crippen molar-refractivity contribution in [2.45, 2.75) is 55.4 Å². The predicted molar refractivity (Wildman–Crippen MR) is 106 cm³/mol. The largest absolute Gasteiger partial charge is 0.207 e. The van der Waals surface area contributed by atoms with Crippen LogP contribution in [0.1, 0.15) is 52.7 Å². The lowest BCUT2D eigenvalue weighted by Gasteiger charge is -1.93. The third-order valence-corrected chi connectivity index (χ3v) is 2.45. The molecule has 0 bridgehead atoms. The van der Waals surface area contributed by atoms with Gasteiger partial charge in [-0.25, -0.2) is 8.78 Å². The lowest BCUT2D eigenvalue weighted by molar-refractivity contribution is 0.581. The van der Waals surface area contributed by atoms with Crippen LogP contribution in [-0.4, -0.2) is 0 Å². The Labute approximate surface area is 156 Å². The SMILES string of the molecule is CC.CC.CC.Cc1cc(Cl)cc(Cl)c1.Cc1cc(F)cc(F)c1. The minimum atomic E-state index is -0.521. The first-order chi connectivity index (χ1) is 11.4. The van der Waals surface area contributed by atoms with Gasteiger partial charge in [0.2, 0.25) is 0 Å². The van der Waals surface area contributed by atoms with Crippen LogP contribution in [0.25, 0.3) is 0 Å². The normalized spacial score (nSPS) is 8.00. The van der Waals surface area contributed by atoms with Gasteiger partial charge in [-0.2, -0.15) is 0 Å². The fourth-order valence-corrected chi connectivity index (χ4v) is 2.02. The van der Waals surface area contributed by atoms with Crippen molar-refractivity contribution < 1.29 is 8.78 Å². The summed E-state index contributed by atoms with van der Waals surface area (Å²) < 4.78 is 24.4. The van der Waals surface area contributed by atoms with Crippen LogP contribution in [0, 0.1) is 25.5 Å². The third kappa shape index (κ3) is 15.8. The molecule has 0 saturated carbocycles. The zero-order chi connectivity index (χ0) is 19.7. The number of benzene rings is 2. The zero-order valence-corrected chi connectivity index (χ0v) is 17.5. The Hall–Kier alpha value is -1.12. The van der Waals surface area contributed by atoms with Crippen molar-refractivity contribution in [3.05, 3.63) is 69.2 Å². The molecule has 0 amide bonds. The first-order valence-corrected chi connectivity index (χ1v) is 8.98. The highest BCUT2D eigenvalue weighted by Crippen LogP contribution is 2.17. The summed E-state index contributed by atoms with van der Waals surface area (Å²) in [5.74, 6) is -1.04. The summed E-state index contributed by atoms with van der Waals surface area (Å²) in [5, 5.41) is 1.39. The summed E-state index contributed by atoms with van der Waals surface area (Å²) >= 11 is 11.3. The van der Waals surface area contributed by atoms with E-state index in [1.54, 1.807) is 13.0 Å². The van der Waals surface area contributed by atoms with Crippen molar-refractivity contribution in [1.82, 2.24) is 0 Å². The van der Waals surface area contributed by atoms with Gasteiger partial charge in [0, 0.05) is 16.1 Å². The van der Waals surface area contributed by atoms with Gasteiger partial charge in [0.25, 0.3) is 0 Å². The standard InChI is InChI=1S/C7H6Cl2.C7H6F2.3C2H6/c2*1-5-2-6(8)4-7(9)3-5;3*1-2/h2*2-4H,1H3;3*1-2H3. The Morgan fingerprint density at radius 1 is 0.542 bits per heavy atom. The monoisotopic (exact) mass is 378 g/mol. The van der Waals surface area contributed by atoms with E-state index in [0.29, 0.717) is 15.6 Å². The molecule has 0 aliphatic rings. The topological polar surface area (TPSA) is 0 Å². The summed E-state index contributed by atoms with van der Waals surface area (Å²) in [7, 11) is 0. The zero-order valence-electron chi connectivity index (χ0n) is 16.0. The molecular weight excluding hydrogens is 349 g/mol. The molecule has 0 spiro atoms. The molecule has 4 heteroatoms. The summed E-state index contributed by atoms with van der Waals surface area (Å²) in [4.78, 5) is 0. The molecule has 24 heavy (non-hydrogen) atoms. The van der Waals surface area contributed by atoms with Gasteiger partial charge < -0.3 is 0 Å². The molecule has 0 aliphatic carbocycles. The average molecular weight is 379 g/mol. The fraction of sp³-hybridized carbons (Fsp3) is 0.400. The molecule has 0 aromatic heterocycles. The quantitative estimate of drug-likeness (QED) is 0.430. The second kappa shape index (κ2) is 18.2. The Bertz CT molecular complexity index is 391. The maximum Gasteiger partial charge on any atom is 0.126 e. The molecule has 0 radical (unpaired) electrons. The maximum atomic E-state index is 12.2. The summed E-state index contributed by atoms with van der Waals surface area (Å²) in [6.45, 7) is 15.6. The molecule has 0 unspecified atom stereocenters. The van der Waals surface area contributed by atoms with E-state index in [9.17, 15) is 8.78 Å². The number of aryl methyl sites for hydroxylation is 2. The van der Waals surface area contributed by atoms with Crippen molar-refractivity contribution in [1.29, 1.82) is 0 Å². The van der Waals surface area contributed by atoms with Gasteiger partial charge in [0.15, 0.2) is 0 Å². The number of halogens is 4. The first kappa shape index (κ1) is 27.7. The van der Waals surface area contributed by atoms with Crippen molar-refractivity contribution in [2.24, 2.45) is 0 Å². The van der Waals surface area contributed by atoms with Gasteiger partial charge in [-0.3, -0.25) is 0 Å². The highest BCUT2D eigenvalue weighted by molar-refractivity contribution is 6.34. The highest BCUT2D eigenvalue weighted by Gasteiger charge is 1.94. The van der Waals surface area contributed by atoms with Crippen LogP contribution in [0.5, 0.6) is 0 Å². The molecule has 2 aromatic carbocycles. The summed E-state index contributed by atoms with van der Waals surface area (Å²) in [6.07, 6.45) is 0. The maximum absolute atomic E-state index is 12.2. The van der Waals surface area contributed by atoms with E-state index in [4.69, 9.17) is 23.2 Å². The van der Waals surface area contributed by atoms with Crippen LogP contribution >= 0.6 is 23.2 Å². The second-order valence-corrected chi connectivity index (χ2v) is 4.77. The smallest absolute Gasteiger partial charge is 0.126 e. The Morgan fingerprint density at radius 3 is 1.08 bits per heavy atom. The predicted octanol–water partition coefficient (Wildman–Crippen LogP) is 8.65. The first-order valence-electron chi connectivity index (χ1n) is 8.22. The van der Waals surface area contributed by atoms with Crippen molar-refractivity contribution >= 4 is 23.2 Å². The fourth-order valence-electron chi connectivity index (χ4n) is 1.38. The number of hydrogen-bond acceptors (Lipinski definition) is 0. The van der Waals surface area contributed by atoms with E-state index in [1.807, 2.05) is 60.6 Å². The van der Waals surface area contributed by atoms with Gasteiger partial charge in [-0.05, 0) is 55.3 Å². The molecule has 2 rings (SSSR count). The summed E-state index contributed by atoms with van der Waals surface area (Å²) in [6, 6.07) is 8.87. The summed E-state index contributed by atoms with van der Waals surface area (Å²) in [5.41, 5.74) is 1.69. The minimum absolute atomic E-state index is 0.521. The van der Waals surface area contributed by atoms with Gasteiger partial charge >= 0.3 is 0 Å². The lowest BCUT2D eigenvalue weighted by atomic mass is 10.2. The van der Waals surface area contributed by atoms with Crippen molar-refractivity contribution in [3.63, 3.8) is 0 Å². The Balaban J connectivity index is -0.000000281. The van der Waals surface area contributed by atoms with Gasteiger partial charge in [-0.15, -0.1) is 0 Å². The highest BCUT2D eigenvalue weighted by atomic mass is 35.5. The van der Waals surface area contributed by atoms with Gasteiger partial charge in [0.1, 0.15) is 11.6 Å². The molecule has 0 aliphatic heterocycles. The van der Waals surface area contributed by atoms with Crippen LogP contribution in [-0.2, 0) is 0 Å². The Kier molecular flexibility index (Phi) is 21.0. The van der Waals surface area contributed by atoms with E-state index >= 15 is 0 Å². The van der Waals surface area contributed by atoms with Gasteiger partial charge in [-0.1, -0.05) is 64.7 Å². The molecule has 0 N–H and O–H groups in total. The number of rotatable bonds is 0. The second-order valence-electron chi connectivity index (χ2n) is 3.89. The number of hydrogen-bond donors (Lipinski definition) is 0. The van der Waals surface area contributed by atoms with Crippen LogP contribution in [0.4, 0.5) is 8.78 Å². The molecule has 0 fully saturated rings. The molecular formula is C20H30Cl2F2. The van der Waals surface area contributed by atoms with Crippen LogP contribution in [0.2, 0.25) is 10.0 Å². The Morgan fingerprint density at radius 2 is 0.833 bits per heavy atom. The minimum Gasteiger partial charge on any atom is -0.207 e. The van der Waals surface area contributed by atoms with Crippen LogP contribution in [0.3, 0.4) is 0 Å². The lowest BCUT2D eigenvalue weighted by Crippen LogP contribution is -1.80. The van der Waals surface area contributed by atoms with Crippen LogP contribution < -0.4 is 0 Å². The van der Waals surface area contributed by atoms with E-state index in [-0.39, 0.29) is 0 Å². The van der Waals surface area contributed by atoms with E-state index in [1.165, 1.54) is 12.1 Å². The van der Waals surface area contributed by atoms with Gasteiger partial charge in [0.05, 0.1) is 0 Å². The molecule has 138 valence electrons. The molecule has 0 atom stereocenters. The van der Waals surface area contributed by atoms with Crippen molar-refractivity contribution in [2.75, 3.05) is 0 Å². The molecule has 2 aromatic rings. The van der Waals surface area contributed by atoms with E-state index in [2.05, 4.69) is 0 Å². The van der Waals surface area contributed by atoms with E-state index < -0.39 is 11.6 Å². The molecule has 0 saturated heterocycles. The van der Waals surface area contributed by atoms with Crippen LogP contribution in [0.15, 0.2) is 36.4 Å². The molecule has 0 nitrogen and oxygen atoms in total. The molecule has 0 heterocycles.